The third kappa shape index (κ3) is 4.22. The summed E-state index contributed by atoms with van der Waals surface area (Å²) in [5.74, 6) is 0.758. The molecular weight excluding hydrogens is 322 g/mol. The second-order valence-electron chi connectivity index (χ2n) is 6.79. The highest BCUT2D eigenvalue weighted by Crippen LogP contribution is 2.24. The Kier molecular flexibility index (Phi) is 5.75. The smallest absolute Gasteiger partial charge is 0.284 e. The normalized spacial score (nSPS) is 22.1. The van der Waals surface area contributed by atoms with Crippen LogP contribution >= 0.6 is 0 Å². The van der Waals surface area contributed by atoms with Gasteiger partial charge < -0.3 is 19.8 Å². The van der Waals surface area contributed by atoms with Gasteiger partial charge in [0.15, 0.2) is 5.76 Å². The number of hydrogen-bond donors (Lipinski definition) is 1. The zero-order valence-electron chi connectivity index (χ0n) is 14.8. The number of rotatable bonds is 5. The molecular formula is C18H27N3O4. The number of carbonyl (C=O) groups excluding carboxylic acids is 2. The summed E-state index contributed by atoms with van der Waals surface area (Å²) in [7, 11) is 0. The minimum Gasteiger partial charge on any atom is -0.456 e. The SMILES string of the molecule is CCc1oc(C(N)=O)cc1CN1CCC[C@H](C(=O)N2CCOCC2)C1. The number of morpholine rings is 1. The van der Waals surface area contributed by atoms with E-state index < -0.39 is 5.91 Å². The molecule has 2 fully saturated rings. The van der Waals surface area contributed by atoms with Crippen LogP contribution in [0.5, 0.6) is 0 Å². The van der Waals surface area contributed by atoms with Gasteiger partial charge in [-0.25, -0.2) is 0 Å². The first-order valence-corrected chi connectivity index (χ1v) is 9.08. The van der Waals surface area contributed by atoms with Gasteiger partial charge in [-0.2, -0.15) is 0 Å². The van der Waals surface area contributed by atoms with Crippen molar-refractivity contribution in [2.45, 2.75) is 32.7 Å². The molecule has 0 radical (unpaired) electrons. The van der Waals surface area contributed by atoms with Gasteiger partial charge in [-0.05, 0) is 25.5 Å². The number of primary amides is 1. The summed E-state index contributed by atoms with van der Waals surface area (Å²) in [6.07, 6.45) is 2.65. The number of amides is 2. The Bertz CT molecular complexity index is 622. The Hall–Kier alpha value is -1.86. The van der Waals surface area contributed by atoms with Crippen LogP contribution < -0.4 is 5.73 Å². The second-order valence-corrected chi connectivity index (χ2v) is 6.79. The molecule has 0 unspecified atom stereocenters. The molecule has 25 heavy (non-hydrogen) atoms. The van der Waals surface area contributed by atoms with Crippen LogP contribution in [0, 0.1) is 5.92 Å². The number of aryl methyl sites for hydroxylation is 1. The van der Waals surface area contributed by atoms with Crippen LogP contribution in [0.3, 0.4) is 0 Å². The Balaban J connectivity index is 1.63. The molecule has 3 heterocycles. The molecule has 2 aliphatic rings. The number of ether oxygens (including phenoxy) is 1. The number of carbonyl (C=O) groups is 2. The minimum absolute atomic E-state index is 0.0411. The first-order chi connectivity index (χ1) is 12.1. The van der Waals surface area contributed by atoms with Crippen LogP contribution in [-0.4, -0.2) is 61.0 Å². The maximum Gasteiger partial charge on any atom is 0.284 e. The number of nitrogens with zero attached hydrogens (tertiary/aromatic N) is 2. The van der Waals surface area contributed by atoms with Crippen molar-refractivity contribution < 1.29 is 18.7 Å². The van der Waals surface area contributed by atoms with Crippen LogP contribution in [-0.2, 0) is 22.5 Å². The standard InChI is InChI=1S/C18H27N3O4/c1-2-15-14(10-16(25-15)17(19)22)12-20-5-3-4-13(11-20)18(23)21-6-8-24-9-7-21/h10,13H,2-9,11-12H2,1H3,(H2,19,22)/t13-/m0/s1. The van der Waals surface area contributed by atoms with Crippen LogP contribution in [0.15, 0.2) is 10.5 Å². The van der Waals surface area contributed by atoms with Crippen molar-refractivity contribution in [1.82, 2.24) is 9.80 Å². The molecule has 138 valence electrons. The molecule has 3 rings (SSSR count). The van der Waals surface area contributed by atoms with Crippen molar-refractivity contribution in [2.24, 2.45) is 11.7 Å². The molecule has 0 bridgehead atoms. The fourth-order valence-electron chi connectivity index (χ4n) is 3.70. The van der Waals surface area contributed by atoms with Crippen LogP contribution in [0.2, 0.25) is 0 Å². The average molecular weight is 349 g/mol. The van der Waals surface area contributed by atoms with Crippen LogP contribution in [0.1, 0.15) is 41.6 Å². The molecule has 0 aromatic carbocycles. The lowest BCUT2D eigenvalue weighted by atomic mass is 9.95. The highest BCUT2D eigenvalue weighted by atomic mass is 16.5. The Labute approximate surface area is 148 Å². The predicted molar refractivity (Wildman–Crippen MR) is 92.0 cm³/mol. The van der Waals surface area contributed by atoms with E-state index in [1.807, 2.05) is 11.8 Å². The lowest BCUT2D eigenvalue weighted by Gasteiger charge is -2.36. The number of hydrogen-bond acceptors (Lipinski definition) is 5. The molecule has 0 spiro atoms. The lowest BCUT2D eigenvalue weighted by Crippen LogP contribution is -2.48. The van der Waals surface area contributed by atoms with Gasteiger partial charge in [0, 0.05) is 38.2 Å². The number of furan rings is 1. The fourth-order valence-corrected chi connectivity index (χ4v) is 3.70. The Morgan fingerprint density at radius 2 is 2.04 bits per heavy atom. The molecule has 7 nitrogen and oxygen atoms in total. The summed E-state index contributed by atoms with van der Waals surface area (Å²) in [5, 5.41) is 0. The Morgan fingerprint density at radius 3 is 2.72 bits per heavy atom. The van der Waals surface area contributed by atoms with E-state index in [2.05, 4.69) is 4.90 Å². The van der Waals surface area contributed by atoms with Gasteiger partial charge in [-0.1, -0.05) is 6.92 Å². The van der Waals surface area contributed by atoms with Gasteiger partial charge >= 0.3 is 0 Å². The molecule has 1 aromatic heterocycles. The van der Waals surface area contributed by atoms with Crippen molar-refractivity contribution in [3.63, 3.8) is 0 Å². The zero-order chi connectivity index (χ0) is 17.8. The van der Waals surface area contributed by atoms with Gasteiger partial charge in [-0.3, -0.25) is 14.5 Å². The van der Waals surface area contributed by atoms with Gasteiger partial charge in [0.05, 0.1) is 19.1 Å². The third-order valence-corrected chi connectivity index (χ3v) is 5.03. The molecule has 2 aliphatic heterocycles. The molecule has 0 saturated carbocycles. The molecule has 7 heteroatoms. The maximum atomic E-state index is 12.7. The average Bonchev–Trinajstić information content (AvgIpc) is 3.05. The zero-order valence-corrected chi connectivity index (χ0v) is 14.8. The predicted octanol–water partition coefficient (Wildman–Crippen LogP) is 1.01. The Morgan fingerprint density at radius 1 is 1.28 bits per heavy atom. The van der Waals surface area contributed by atoms with Gasteiger partial charge in [0.25, 0.3) is 5.91 Å². The molecule has 0 aliphatic carbocycles. The topological polar surface area (TPSA) is 89.0 Å². The van der Waals surface area contributed by atoms with E-state index in [4.69, 9.17) is 14.9 Å². The van der Waals surface area contributed by atoms with E-state index in [1.165, 1.54) is 0 Å². The highest BCUT2D eigenvalue weighted by Gasteiger charge is 2.30. The summed E-state index contributed by atoms with van der Waals surface area (Å²) >= 11 is 0. The van der Waals surface area contributed by atoms with E-state index >= 15 is 0 Å². The second kappa shape index (κ2) is 8.01. The largest absolute Gasteiger partial charge is 0.456 e. The van der Waals surface area contributed by atoms with Gasteiger partial charge in [-0.15, -0.1) is 0 Å². The van der Waals surface area contributed by atoms with Gasteiger partial charge in [0.2, 0.25) is 5.91 Å². The summed E-state index contributed by atoms with van der Waals surface area (Å²) in [4.78, 5) is 28.3. The molecule has 2 N–H and O–H groups in total. The highest BCUT2D eigenvalue weighted by molar-refractivity contribution is 5.90. The fraction of sp³-hybridized carbons (Fsp3) is 0.667. The van der Waals surface area contributed by atoms with E-state index in [0.29, 0.717) is 39.3 Å². The molecule has 2 amide bonds. The van der Waals surface area contributed by atoms with Crippen molar-refractivity contribution in [3.05, 3.63) is 23.2 Å². The van der Waals surface area contributed by atoms with Crippen molar-refractivity contribution >= 4 is 11.8 Å². The maximum absolute atomic E-state index is 12.7. The number of likely N-dealkylation sites (tertiary alicyclic amines) is 1. The van der Waals surface area contributed by atoms with E-state index in [-0.39, 0.29) is 17.6 Å². The first kappa shape index (κ1) is 17.9. The number of nitrogens with two attached hydrogens (primary N) is 1. The van der Waals surface area contributed by atoms with Crippen LogP contribution in [0.25, 0.3) is 0 Å². The van der Waals surface area contributed by atoms with E-state index in [1.54, 1.807) is 6.07 Å². The number of piperidine rings is 1. The van der Waals surface area contributed by atoms with E-state index in [0.717, 1.165) is 37.3 Å². The summed E-state index contributed by atoms with van der Waals surface area (Å²) in [5.41, 5.74) is 6.32. The quantitative estimate of drug-likeness (QED) is 0.857. The van der Waals surface area contributed by atoms with Crippen molar-refractivity contribution in [2.75, 3.05) is 39.4 Å². The first-order valence-electron chi connectivity index (χ1n) is 9.08. The molecule has 1 aromatic rings. The summed E-state index contributed by atoms with van der Waals surface area (Å²) in [6.45, 7) is 7.03. The summed E-state index contributed by atoms with van der Waals surface area (Å²) in [6, 6.07) is 1.74. The van der Waals surface area contributed by atoms with Gasteiger partial charge in [0.1, 0.15) is 5.76 Å². The summed E-state index contributed by atoms with van der Waals surface area (Å²) < 4.78 is 10.9. The molecule has 1 atom stereocenters. The minimum atomic E-state index is -0.542. The van der Waals surface area contributed by atoms with Crippen LogP contribution in [0.4, 0.5) is 0 Å². The van der Waals surface area contributed by atoms with Crippen molar-refractivity contribution in [3.8, 4) is 0 Å². The lowest BCUT2D eigenvalue weighted by molar-refractivity contribution is -0.141. The van der Waals surface area contributed by atoms with E-state index in [9.17, 15) is 9.59 Å². The van der Waals surface area contributed by atoms with Crippen molar-refractivity contribution in [1.29, 1.82) is 0 Å². The molecule has 2 saturated heterocycles. The third-order valence-electron chi connectivity index (χ3n) is 5.03. The monoisotopic (exact) mass is 349 g/mol.